The molecular formula is C17H32ClN3O2. The monoisotopic (exact) mass is 345 g/mol. The van der Waals surface area contributed by atoms with Gasteiger partial charge in [-0.15, -0.1) is 12.4 Å². The molecule has 0 radical (unpaired) electrons. The summed E-state index contributed by atoms with van der Waals surface area (Å²) in [6, 6.07) is 0.416. The number of halogens is 1. The molecule has 0 spiro atoms. The van der Waals surface area contributed by atoms with Crippen molar-refractivity contribution in [1.82, 2.24) is 16.0 Å². The maximum atomic E-state index is 12.1. The summed E-state index contributed by atoms with van der Waals surface area (Å²) in [5.41, 5.74) is 0. The smallest absolute Gasteiger partial charge is 0.223 e. The quantitative estimate of drug-likeness (QED) is 0.645. The van der Waals surface area contributed by atoms with E-state index in [1.807, 2.05) is 0 Å². The minimum absolute atomic E-state index is 0. The van der Waals surface area contributed by atoms with Crippen molar-refractivity contribution in [3.8, 4) is 0 Å². The number of nitrogens with one attached hydrogen (secondary N) is 3. The van der Waals surface area contributed by atoms with Crippen molar-refractivity contribution >= 4 is 24.2 Å². The predicted octanol–water partition coefficient (Wildman–Crippen LogP) is 2.00. The zero-order valence-electron chi connectivity index (χ0n) is 14.2. The summed E-state index contributed by atoms with van der Waals surface area (Å²) in [6.07, 6.45) is 8.70. The van der Waals surface area contributed by atoms with E-state index in [9.17, 15) is 9.59 Å². The fourth-order valence-electron chi connectivity index (χ4n) is 3.63. The van der Waals surface area contributed by atoms with Crippen LogP contribution >= 0.6 is 12.4 Å². The van der Waals surface area contributed by atoms with Crippen LogP contribution in [0.3, 0.4) is 0 Å². The Morgan fingerprint density at radius 1 is 1.04 bits per heavy atom. The van der Waals surface area contributed by atoms with Crippen LogP contribution in [0.2, 0.25) is 0 Å². The summed E-state index contributed by atoms with van der Waals surface area (Å²) in [5, 5.41) is 9.23. The normalized spacial score (nSPS) is 25.3. The van der Waals surface area contributed by atoms with Gasteiger partial charge in [0.1, 0.15) is 0 Å². The first-order valence-electron chi connectivity index (χ1n) is 8.93. The molecule has 1 saturated carbocycles. The fourth-order valence-corrected chi connectivity index (χ4v) is 3.63. The number of amides is 2. The zero-order chi connectivity index (χ0) is 15.8. The van der Waals surface area contributed by atoms with E-state index in [2.05, 4.69) is 22.9 Å². The van der Waals surface area contributed by atoms with Gasteiger partial charge in [-0.3, -0.25) is 9.59 Å². The summed E-state index contributed by atoms with van der Waals surface area (Å²) in [6.45, 7) is 4.10. The lowest BCUT2D eigenvalue weighted by molar-refractivity contribution is -0.126. The fraction of sp³-hybridized carbons (Fsp3) is 0.882. The van der Waals surface area contributed by atoms with Crippen LogP contribution in [0.15, 0.2) is 0 Å². The third kappa shape index (κ3) is 7.53. The average Bonchev–Trinajstić information content (AvgIpc) is 2.52. The molecule has 0 aromatic carbocycles. The van der Waals surface area contributed by atoms with Crippen molar-refractivity contribution in [1.29, 1.82) is 0 Å². The molecule has 5 nitrogen and oxygen atoms in total. The molecule has 134 valence electrons. The Labute approximate surface area is 146 Å². The van der Waals surface area contributed by atoms with Crippen LogP contribution in [0.25, 0.3) is 0 Å². The molecule has 1 aliphatic carbocycles. The van der Waals surface area contributed by atoms with Gasteiger partial charge in [0.2, 0.25) is 11.8 Å². The predicted molar refractivity (Wildman–Crippen MR) is 94.6 cm³/mol. The summed E-state index contributed by atoms with van der Waals surface area (Å²) >= 11 is 0. The summed E-state index contributed by atoms with van der Waals surface area (Å²) in [5.74, 6) is 0.959. The van der Waals surface area contributed by atoms with Crippen LogP contribution in [-0.4, -0.2) is 37.5 Å². The Morgan fingerprint density at radius 2 is 1.74 bits per heavy atom. The topological polar surface area (TPSA) is 70.2 Å². The third-order valence-electron chi connectivity index (χ3n) is 4.94. The molecule has 2 aliphatic rings. The van der Waals surface area contributed by atoms with E-state index >= 15 is 0 Å². The molecule has 3 N–H and O–H groups in total. The molecule has 23 heavy (non-hydrogen) atoms. The maximum absolute atomic E-state index is 12.1. The van der Waals surface area contributed by atoms with Gasteiger partial charge < -0.3 is 16.0 Å². The lowest BCUT2D eigenvalue weighted by Gasteiger charge is -2.27. The molecule has 0 unspecified atom stereocenters. The second-order valence-electron chi connectivity index (χ2n) is 6.93. The number of carbonyl (C=O) groups is 2. The Kier molecular flexibility index (Phi) is 9.56. The van der Waals surface area contributed by atoms with Crippen LogP contribution < -0.4 is 16.0 Å². The van der Waals surface area contributed by atoms with Gasteiger partial charge in [0.05, 0.1) is 0 Å². The lowest BCUT2D eigenvalue weighted by atomic mass is 9.87. The van der Waals surface area contributed by atoms with Gasteiger partial charge in [-0.25, -0.2) is 0 Å². The highest BCUT2D eigenvalue weighted by atomic mass is 35.5. The van der Waals surface area contributed by atoms with Gasteiger partial charge in [-0.1, -0.05) is 19.3 Å². The Morgan fingerprint density at radius 3 is 2.43 bits per heavy atom. The van der Waals surface area contributed by atoms with E-state index in [4.69, 9.17) is 0 Å². The van der Waals surface area contributed by atoms with Gasteiger partial charge in [-0.05, 0) is 45.1 Å². The van der Waals surface area contributed by atoms with Gasteiger partial charge in [0.25, 0.3) is 0 Å². The highest BCUT2D eigenvalue weighted by molar-refractivity contribution is 5.85. The van der Waals surface area contributed by atoms with Crippen LogP contribution in [0.5, 0.6) is 0 Å². The highest BCUT2D eigenvalue weighted by Gasteiger charge is 2.24. The Hall–Kier alpha value is -0.810. The largest absolute Gasteiger partial charge is 0.354 e. The van der Waals surface area contributed by atoms with Gasteiger partial charge in [-0.2, -0.15) is 0 Å². The minimum Gasteiger partial charge on any atom is -0.354 e. The summed E-state index contributed by atoms with van der Waals surface area (Å²) < 4.78 is 0. The van der Waals surface area contributed by atoms with Crippen LogP contribution in [0.1, 0.15) is 58.3 Å². The van der Waals surface area contributed by atoms with E-state index in [1.54, 1.807) is 0 Å². The Bertz CT molecular complexity index is 373. The first kappa shape index (κ1) is 20.2. The van der Waals surface area contributed by atoms with E-state index < -0.39 is 0 Å². The second-order valence-corrected chi connectivity index (χ2v) is 6.93. The van der Waals surface area contributed by atoms with Crippen LogP contribution in [0.4, 0.5) is 0 Å². The molecule has 2 amide bonds. The molecule has 1 aliphatic heterocycles. The standard InChI is InChI=1S/C17H31N3O2.ClH/c1-13-11-15(7-8-18-13)17(22)20-10-9-19-16(21)12-14-5-3-2-4-6-14;/h13-15,18H,2-12H2,1H3,(H,19,21)(H,20,22);1H/t13-,15-;/m0./s1. The SMILES string of the molecule is C[C@H]1C[C@@H](C(=O)NCCNC(=O)CC2CCCCC2)CCN1.Cl. The molecule has 2 rings (SSSR count). The van der Waals surface area contributed by atoms with Crippen molar-refractivity contribution in [3.05, 3.63) is 0 Å². The number of hydrogen-bond acceptors (Lipinski definition) is 3. The van der Waals surface area contributed by atoms with E-state index in [1.165, 1.54) is 32.1 Å². The molecular weight excluding hydrogens is 314 g/mol. The highest BCUT2D eigenvalue weighted by Crippen LogP contribution is 2.25. The van der Waals surface area contributed by atoms with E-state index in [-0.39, 0.29) is 30.1 Å². The van der Waals surface area contributed by atoms with Gasteiger partial charge in [0, 0.05) is 31.5 Å². The van der Waals surface area contributed by atoms with Crippen molar-refractivity contribution in [2.24, 2.45) is 11.8 Å². The molecule has 0 bridgehead atoms. The van der Waals surface area contributed by atoms with E-state index in [0.29, 0.717) is 31.5 Å². The summed E-state index contributed by atoms with van der Waals surface area (Å²) in [7, 11) is 0. The molecule has 2 fully saturated rings. The molecule has 0 aromatic rings. The number of hydrogen-bond donors (Lipinski definition) is 3. The minimum atomic E-state index is 0. The van der Waals surface area contributed by atoms with Crippen LogP contribution in [-0.2, 0) is 9.59 Å². The number of piperidine rings is 1. The first-order chi connectivity index (χ1) is 10.6. The Balaban J connectivity index is 0.00000264. The van der Waals surface area contributed by atoms with Crippen molar-refractivity contribution < 1.29 is 9.59 Å². The molecule has 1 heterocycles. The first-order valence-corrected chi connectivity index (χ1v) is 8.93. The summed E-state index contributed by atoms with van der Waals surface area (Å²) in [4.78, 5) is 23.9. The van der Waals surface area contributed by atoms with Crippen LogP contribution in [0, 0.1) is 11.8 Å². The molecule has 6 heteroatoms. The van der Waals surface area contributed by atoms with Gasteiger partial charge in [0.15, 0.2) is 0 Å². The molecule has 2 atom stereocenters. The molecule has 1 saturated heterocycles. The van der Waals surface area contributed by atoms with Crippen molar-refractivity contribution in [3.63, 3.8) is 0 Å². The second kappa shape index (κ2) is 10.9. The number of rotatable bonds is 6. The van der Waals surface area contributed by atoms with Gasteiger partial charge >= 0.3 is 0 Å². The number of carbonyl (C=O) groups excluding carboxylic acids is 2. The van der Waals surface area contributed by atoms with Crippen molar-refractivity contribution in [2.75, 3.05) is 19.6 Å². The molecule has 0 aromatic heterocycles. The zero-order valence-corrected chi connectivity index (χ0v) is 15.1. The van der Waals surface area contributed by atoms with E-state index in [0.717, 1.165) is 19.4 Å². The maximum Gasteiger partial charge on any atom is 0.223 e. The van der Waals surface area contributed by atoms with Crippen molar-refractivity contribution in [2.45, 2.75) is 64.3 Å². The third-order valence-corrected chi connectivity index (χ3v) is 4.94. The average molecular weight is 346 g/mol. The lowest BCUT2D eigenvalue weighted by Crippen LogP contribution is -2.44.